The molecule has 106 valence electrons. The predicted molar refractivity (Wildman–Crippen MR) is 80.9 cm³/mol. The number of aromatic nitrogens is 2. The van der Waals surface area contributed by atoms with Crippen molar-refractivity contribution < 1.29 is 15.0 Å². The Morgan fingerprint density at radius 1 is 1.19 bits per heavy atom. The molecule has 0 bridgehead atoms. The van der Waals surface area contributed by atoms with Gasteiger partial charge in [0, 0.05) is 6.07 Å². The van der Waals surface area contributed by atoms with Crippen LogP contribution in [0.15, 0.2) is 47.6 Å². The highest BCUT2D eigenvalue weighted by Gasteiger charge is 2.13. The SMILES string of the molecule is O=C(CSc1nc2ccccc2[nH]1)c1ccc(O)cc1O. The molecule has 0 aliphatic carbocycles. The van der Waals surface area contributed by atoms with Crippen LogP contribution in [-0.4, -0.2) is 31.7 Å². The minimum Gasteiger partial charge on any atom is -0.508 e. The quantitative estimate of drug-likeness (QED) is 0.509. The van der Waals surface area contributed by atoms with Gasteiger partial charge in [-0.1, -0.05) is 23.9 Å². The number of hydrogen-bond acceptors (Lipinski definition) is 5. The maximum absolute atomic E-state index is 12.1. The maximum atomic E-state index is 12.1. The molecule has 21 heavy (non-hydrogen) atoms. The van der Waals surface area contributed by atoms with Crippen LogP contribution in [0.3, 0.4) is 0 Å². The lowest BCUT2D eigenvalue weighted by molar-refractivity contribution is 0.102. The Kier molecular flexibility index (Phi) is 3.53. The first-order valence-electron chi connectivity index (χ1n) is 6.26. The zero-order valence-corrected chi connectivity index (χ0v) is 11.7. The van der Waals surface area contributed by atoms with Crippen molar-refractivity contribution in [1.82, 2.24) is 9.97 Å². The van der Waals surface area contributed by atoms with Gasteiger partial charge in [-0.05, 0) is 24.3 Å². The monoisotopic (exact) mass is 300 g/mol. The van der Waals surface area contributed by atoms with E-state index in [2.05, 4.69) is 9.97 Å². The summed E-state index contributed by atoms with van der Waals surface area (Å²) in [7, 11) is 0. The van der Waals surface area contributed by atoms with Crippen LogP contribution in [0.25, 0.3) is 11.0 Å². The molecule has 0 amide bonds. The summed E-state index contributed by atoms with van der Waals surface area (Å²) in [5.41, 5.74) is 1.95. The molecule has 0 radical (unpaired) electrons. The number of benzene rings is 2. The molecule has 0 fully saturated rings. The lowest BCUT2D eigenvalue weighted by Gasteiger charge is -2.03. The molecule has 3 N–H and O–H groups in total. The van der Waals surface area contributed by atoms with Crippen molar-refractivity contribution in [2.45, 2.75) is 5.16 Å². The first-order valence-corrected chi connectivity index (χ1v) is 7.25. The Morgan fingerprint density at radius 2 is 2.00 bits per heavy atom. The number of Topliss-reactive ketones (excluding diaryl/α,β-unsaturated/α-hetero) is 1. The number of hydrogen-bond donors (Lipinski definition) is 3. The number of rotatable bonds is 4. The van der Waals surface area contributed by atoms with E-state index in [1.807, 2.05) is 24.3 Å². The van der Waals surface area contributed by atoms with Crippen molar-refractivity contribution in [2.75, 3.05) is 5.75 Å². The Labute approximate surface area is 124 Å². The second-order valence-corrected chi connectivity index (χ2v) is 5.44. The van der Waals surface area contributed by atoms with Crippen LogP contribution in [-0.2, 0) is 0 Å². The molecule has 3 aromatic rings. The number of para-hydroxylation sites is 2. The third-order valence-corrected chi connectivity index (χ3v) is 3.86. The number of ketones is 1. The van der Waals surface area contributed by atoms with Gasteiger partial charge in [0.05, 0.1) is 22.3 Å². The summed E-state index contributed by atoms with van der Waals surface area (Å²) >= 11 is 1.27. The van der Waals surface area contributed by atoms with E-state index in [0.717, 1.165) is 17.1 Å². The van der Waals surface area contributed by atoms with Gasteiger partial charge in [-0.25, -0.2) is 4.98 Å². The smallest absolute Gasteiger partial charge is 0.176 e. The van der Waals surface area contributed by atoms with E-state index in [0.29, 0.717) is 5.16 Å². The Hall–Kier alpha value is -2.47. The number of carbonyl (C=O) groups is 1. The summed E-state index contributed by atoms with van der Waals surface area (Å²) < 4.78 is 0. The summed E-state index contributed by atoms with van der Waals surface area (Å²) in [4.78, 5) is 19.6. The molecule has 1 aromatic heterocycles. The van der Waals surface area contributed by atoms with Crippen LogP contribution in [0.4, 0.5) is 0 Å². The van der Waals surface area contributed by atoms with E-state index < -0.39 is 0 Å². The fraction of sp³-hybridized carbons (Fsp3) is 0.0667. The Balaban J connectivity index is 1.73. The fourth-order valence-electron chi connectivity index (χ4n) is 1.97. The number of H-pyrrole nitrogens is 1. The molecule has 3 rings (SSSR count). The number of nitrogens with zero attached hydrogens (tertiary/aromatic N) is 1. The molecule has 0 unspecified atom stereocenters. The molecule has 0 atom stereocenters. The van der Waals surface area contributed by atoms with E-state index >= 15 is 0 Å². The number of phenolic OH excluding ortho intramolecular Hbond substituents is 2. The van der Waals surface area contributed by atoms with E-state index in [-0.39, 0.29) is 28.6 Å². The molecule has 0 aliphatic heterocycles. The molecular formula is C15H12N2O3S. The molecule has 1 heterocycles. The molecule has 0 saturated carbocycles. The summed E-state index contributed by atoms with van der Waals surface area (Å²) in [6.07, 6.45) is 0. The number of imidazole rings is 1. The van der Waals surface area contributed by atoms with Gasteiger partial charge in [0.1, 0.15) is 11.5 Å². The van der Waals surface area contributed by atoms with Gasteiger partial charge < -0.3 is 15.2 Å². The highest BCUT2D eigenvalue weighted by Crippen LogP contribution is 2.25. The number of aromatic hydroxyl groups is 2. The Bertz CT molecular complexity index is 781. The van der Waals surface area contributed by atoms with Gasteiger partial charge in [0.25, 0.3) is 0 Å². The van der Waals surface area contributed by atoms with Crippen LogP contribution in [0.1, 0.15) is 10.4 Å². The van der Waals surface area contributed by atoms with Gasteiger partial charge in [-0.3, -0.25) is 4.79 Å². The minimum atomic E-state index is -0.224. The first kappa shape index (κ1) is 13.5. The average molecular weight is 300 g/mol. The second-order valence-electron chi connectivity index (χ2n) is 4.47. The number of fused-ring (bicyclic) bond motifs is 1. The molecule has 0 saturated heterocycles. The van der Waals surface area contributed by atoms with Crippen molar-refractivity contribution in [3.8, 4) is 11.5 Å². The van der Waals surface area contributed by atoms with E-state index in [1.54, 1.807) is 0 Å². The van der Waals surface area contributed by atoms with Crippen LogP contribution < -0.4 is 0 Å². The third kappa shape index (κ3) is 2.85. The summed E-state index contributed by atoms with van der Waals surface area (Å²) in [5, 5.41) is 19.5. The highest BCUT2D eigenvalue weighted by atomic mass is 32.2. The number of thioether (sulfide) groups is 1. The standard InChI is InChI=1S/C15H12N2O3S/c18-9-5-6-10(13(19)7-9)14(20)8-21-15-16-11-3-1-2-4-12(11)17-15/h1-7,18-19H,8H2,(H,16,17). The predicted octanol–water partition coefficient (Wildman–Crippen LogP) is 2.95. The number of aromatic amines is 1. The molecular weight excluding hydrogens is 288 g/mol. The lowest BCUT2D eigenvalue weighted by Crippen LogP contribution is -2.02. The van der Waals surface area contributed by atoms with Gasteiger partial charge in [-0.2, -0.15) is 0 Å². The van der Waals surface area contributed by atoms with Gasteiger partial charge in [-0.15, -0.1) is 0 Å². The van der Waals surface area contributed by atoms with E-state index in [9.17, 15) is 15.0 Å². The lowest BCUT2D eigenvalue weighted by atomic mass is 10.1. The average Bonchev–Trinajstić information content (AvgIpc) is 2.87. The number of nitrogens with one attached hydrogen (secondary N) is 1. The molecule has 6 heteroatoms. The highest BCUT2D eigenvalue weighted by molar-refractivity contribution is 7.99. The molecule has 5 nitrogen and oxygen atoms in total. The summed E-state index contributed by atoms with van der Waals surface area (Å²) in [6, 6.07) is 11.6. The zero-order valence-electron chi connectivity index (χ0n) is 10.9. The van der Waals surface area contributed by atoms with Crippen LogP contribution in [0.5, 0.6) is 11.5 Å². The van der Waals surface area contributed by atoms with Crippen molar-refractivity contribution in [2.24, 2.45) is 0 Å². The first-order chi connectivity index (χ1) is 10.1. The van der Waals surface area contributed by atoms with Crippen molar-refractivity contribution in [3.05, 3.63) is 48.0 Å². The maximum Gasteiger partial charge on any atom is 0.176 e. The summed E-state index contributed by atoms with van der Waals surface area (Å²) in [6.45, 7) is 0. The normalized spacial score (nSPS) is 10.9. The largest absolute Gasteiger partial charge is 0.508 e. The zero-order chi connectivity index (χ0) is 14.8. The van der Waals surface area contributed by atoms with Gasteiger partial charge in [0.15, 0.2) is 10.9 Å². The van der Waals surface area contributed by atoms with Crippen molar-refractivity contribution in [1.29, 1.82) is 0 Å². The van der Waals surface area contributed by atoms with Crippen LogP contribution >= 0.6 is 11.8 Å². The third-order valence-electron chi connectivity index (χ3n) is 2.99. The number of phenols is 2. The van der Waals surface area contributed by atoms with Crippen molar-refractivity contribution >= 4 is 28.6 Å². The van der Waals surface area contributed by atoms with Gasteiger partial charge >= 0.3 is 0 Å². The van der Waals surface area contributed by atoms with Crippen LogP contribution in [0, 0.1) is 0 Å². The van der Waals surface area contributed by atoms with Crippen LogP contribution in [0.2, 0.25) is 0 Å². The fourth-order valence-corrected chi connectivity index (χ4v) is 2.73. The molecule has 2 aromatic carbocycles. The topological polar surface area (TPSA) is 86.2 Å². The second kappa shape index (κ2) is 5.49. The van der Waals surface area contributed by atoms with E-state index in [4.69, 9.17) is 0 Å². The Morgan fingerprint density at radius 3 is 2.76 bits per heavy atom. The van der Waals surface area contributed by atoms with Crippen molar-refractivity contribution in [3.63, 3.8) is 0 Å². The number of carbonyl (C=O) groups excluding carboxylic acids is 1. The van der Waals surface area contributed by atoms with E-state index in [1.165, 1.54) is 23.9 Å². The summed E-state index contributed by atoms with van der Waals surface area (Å²) in [5.74, 6) is -0.366. The molecule has 0 spiro atoms. The van der Waals surface area contributed by atoms with Gasteiger partial charge in [0.2, 0.25) is 0 Å². The minimum absolute atomic E-state index is 0.0750. The molecule has 0 aliphatic rings.